The summed E-state index contributed by atoms with van der Waals surface area (Å²) in [6.07, 6.45) is 0.733. The minimum absolute atomic E-state index is 0.477. The van der Waals surface area contributed by atoms with E-state index in [-0.39, 0.29) is 0 Å². The van der Waals surface area contributed by atoms with E-state index >= 15 is 0 Å². The molecule has 0 amide bonds. The van der Waals surface area contributed by atoms with Gasteiger partial charge in [-0.3, -0.25) is 4.79 Å². The summed E-state index contributed by atoms with van der Waals surface area (Å²) in [5.41, 5.74) is 1.20. The van der Waals surface area contributed by atoms with Crippen LogP contribution in [0.15, 0.2) is 18.2 Å². The molecule has 0 saturated carbocycles. The molecule has 0 aliphatic rings. The number of carbonyl (C=O) groups excluding carboxylic acids is 1. The number of carbonyl (C=O) groups is 1. The highest BCUT2D eigenvalue weighted by Gasteiger charge is 2.10. The van der Waals surface area contributed by atoms with Crippen molar-refractivity contribution < 1.29 is 14.6 Å². The van der Waals surface area contributed by atoms with Crippen LogP contribution in [0.1, 0.15) is 17.3 Å². The van der Waals surface area contributed by atoms with E-state index in [0.717, 1.165) is 11.7 Å². The van der Waals surface area contributed by atoms with Crippen LogP contribution in [0.2, 0.25) is 6.82 Å². The zero-order valence-corrected chi connectivity index (χ0v) is 8.36. The first-order valence-corrected chi connectivity index (χ1v) is 4.59. The Kier molecular flexibility index (Phi) is 3.71. The molecule has 0 radical (unpaired) electrons. The molecule has 0 aliphatic carbocycles. The monoisotopic (exact) mass is 192 g/mol. The number of rotatable bonds is 4. The van der Waals surface area contributed by atoms with Crippen molar-refractivity contribution in [3.05, 3.63) is 23.8 Å². The first-order chi connectivity index (χ1) is 6.69. The van der Waals surface area contributed by atoms with Crippen molar-refractivity contribution in [2.75, 3.05) is 6.61 Å². The van der Waals surface area contributed by atoms with Crippen molar-refractivity contribution >= 4 is 18.7 Å². The molecule has 14 heavy (non-hydrogen) atoms. The highest BCUT2D eigenvalue weighted by Crippen LogP contribution is 2.14. The normalized spacial score (nSPS) is 9.64. The fraction of sp³-hybridized carbons (Fsp3) is 0.300. The van der Waals surface area contributed by atoms with Crippen molar-refractivity contribution in [3.63, 3.8) is 0 Å². The lowest BCUT2D eigenvalue weighted by atomic mass is 9.64. The van der Waals surface area contributed by atoms with E-state index in [1.165, 1.54) is 0 Å². The molecule has 1 aromatic rings. The summed E-state index contributed by atoms with van der Waals surface area (Å²) >= 11 is 0. The van der Waals surface area contributed by atoms with E-state index < -0.39 is 6.92 Å². The summed E-state index contributed by atoms with van der Waals surface area (Å²) in [5.74, 6) is 0.562. The Morgan fingerprint density at radius 1 is 1.57 bits per heavy atom. The van der Waals surface area contributed by atoms with Gasteiger partial charge < -0.3 is 9.76 Å². The molecule has 0 heterocycles. The van der Waals surface area contributed by atoms with Gasteiger partial charge in [-0.25, -0.2) is 0 Å². The van der Waals surface area contributed by atoms with Crippen molar-refractivity contribution in [1.82, 2.24) is 0 Å². The van der Waals surface area contributed by atoms with Gasteiger partial charge in [0.25, 0.3) is 0 Å². The van der Waals surface area contributed by atoms with Crippen molar-refractivity contribution in [2.45, 2.75) is 13.7 Å². The lowest BCUT2D eigenvalue weighted by Crippen LogP contribution is -2.26. The summed E-state index contributed by atoms with van der Waals surface area (Å²) in [4.78, 5) is 10.7. The third-order valence-corrected chi connectivity index (χ3v) is 1.94. The number of benzene rings is 1. The lowest BCUT2D eigenvalue weighted by Gasteiger charge is -2.08. The quantitative estimate of drug-likeness (QED) is 0.564. The van der Waals surface area contributed by atoms with Crippen LogP contribution in [-0.4, -0.2) is 24.8 Å². The molecule has 4 heteroatoms. The van der Waals surface area contributed by atoms with Gasteiger partial charge in [-0.05, 0) is 18.5 Å². The molecular formula is C10H13BO3. The van der Waals surface area contributed by atoms with Gasteiger partial charge in [-0.2, -0.15) is 0 Å². The van der Waals surface area contributed by atoms with Crippen LogP contribution >= 0.6 is 0 Å². The maximum atomic E-state index is 10.7. The van der Waals surface area contributed by atoms with Gasteiger partial charge in [0, 0.05) is 0 Å². The van der Waals surface area contributed by atoms with Gasteiger partial charge in [0.15, 0.2) is 6.29 Å². The van der Waals surface area contributed by atoms with Gasteiger partial charge in [-0.15, -0.1) is 0 Å². The van der Waals surface area contributed by atoms with Gasteiger partial charge in [0.2, 0.25) is 0 Å². The summed E-state index contributed by atoms with van der Waals surface area (Å²) in [5, 5.41) is 9.31. The molecule has 1 N–H and O–H groups in total. The average molecular weight is 192 g/mol. The van der Waals surface area contributed by atoms with E-state index in [1.807, 2.05) is 6.92 Å². The SMILES string of the molecule is CCOc1ccc(B(C)O)cc1C=O. The van der Waals surface area contributed by atoms with E-state index in [4.69, 9.17) is 4.74 Å². The molecule has 0 saturated heterocycles. The highest BCUT2D eigenvalue weighted by atomic mass is 16.5. The van der Waals surface area contributed by atoms with E-state index in [2.05, 4.69) is 0 Å². The van der Waals surface area contributed by atoms with Crippen molar-refractivity contribution in [2.24, 2.45) is 0 Å². The Hall–Kier alpha value is -1.29. The fourth-order valence-electron chi connectivity index (χ4n) is 1.21. The minimum Gasteiger partial charge on any atom is -0.493 e. The molecule has 0 spiro atoms. The Balaban J connectivity index is 3.04. The molecule has 1 rings (SSSR count). The third kappa shape index (κ3) is 2.36. The van der Waals surface area contributed by atoms with E-state index in [9.17, 15) is 9.82 Å². The van der Waals surface area contributed by atoms with Gasteiger partial charge in [-0.1, -0.05) is 19.0 Å². The molecule has 74 valence electrons. The van der Waals surface area contributed by atoms with Gasteiger partial charge in [0.1, 0.15) is 5.75 Å². The van der Waals surface area contributed by atoms with Crippen LogP contribution in [-0.2, 0) is 0 Å². The predicted octanol–water partition coefficient (Wildman–Crippen LogP) is 0.718. The smallest absolute Gasteiger partial charge is 0.320 e. The Morgan fingerprint density at radius 3 is 2.79 bits per heavy atom. The standard InChI is InChI=1S/C10H13BO3/c1-3-14-10-5-4-9(11(2)13)6-8(10)7-12/h4-7,13H,3H2,1-2H3. The second kappa shape index (κ2) is 4.81. The summed E-state index contributed by atoms with van der Waals surface area (Å²) in [6.45, 7) is 3.47. The van der Waals surface area contributed by atoms with Gasteiger partial charge in [0.05, 0.1) is 12.2 Å². The predicted molar refractivity (Wildman–Crippen MR) is 56.5 cm³/mol. The summed E-state index contributed by atoms with van der Waals surface area (Å²) in [7, 11) is 0. The Labute approximate surface area is 83.8 Å². The fourth-order valence-corrected chi connectivity index (χ4v) is 1.21. The van der Waals surface area contributed by atoms with Gasteiger partial charge >= 0.3 is 6.92 Å². The van der Waals surface area contributed by atoms with Crippen LogP contribution in [0.4, 0.5) is 0 Å². The second-order valence-corrected chi connectivity index (χ2v) is 3.02. The molecule has 0 fully saturated rings. The first-order valence-electron chi connectivity index (χ1n) is 4.59. The Bertz CT molecular complexity index is 323. The number of aldehydes is 1. The van der Waals surface area contributed by atoms with Crippen LogP contribution < -0.4 is 10.2 Å². The van der Waals surface area contributed by atoms with Crippen molar-refractivity contribution in [1.29, 1.82) is 0 Å². The van der Waals surface area contributed by atoms with Crippen molar-refractivity contribution in [3.8, 4) is 5.75 Å². The summed E-state index contributed by atoms with van der Waals surface area (Å²) in [6, 6.07) is 5.10. The molecule has 0 bridgehead atoms. The molecule has 0 atom stereocenters. The molecule has 0 unspecified atom stereocenters. The molecule has 1 aromatic carbocycles. The highest BCUT2D eigenvalue weighted by molar-refractivity contribution is 6.64. The molecule has 0 aliphatic heterocycles. The largest absolute Gasteiger partial charge is 0.493 e. The third-order valence-electron chi connectivity index (χ3n) is 1.94. The summed E-state index contributed by atoms with van der Waals surface area (Å²) < 4.78 is 5.25. The maximum Gasteiger partial charge on any atom is 0.320 e. The van der Waals surface area contributed by atoms with Crippen LogP contribution in [0.25, 0.3) is 0 Å². The second-order valence-electron chi connectivity index (χ2n) is 3.02. The molecular weight excluding hydrogens is 179 g/mol. The number of hydrogen-bond donors (Lipinski definition) is 1. The number of hydrogen-bond acceptors (Lipinski definition) is 3. The zero-order chi connectivity index (χ0) is 10.6. The van der Waals surface area contributed by atoms with Crippen LogP contribution in [0.3, 0.4) is 0 Å². The van der Waals surface area contributed by atoms with E-state index in [0.29, 0.717) is 17.9 Å². The topological polar surface area (TPSA) is 46.5 Å². The zero-order valence-electron chi connectivity index (χ0n) is 8.36. The Morgan fingerprint density at radius 2 is 2.29 bits per heavy atom. The number of ether oxygens (including phenoxy) is 1. The average Bonchev–Trinajstić information content (AvgIpc) is 2.18. The minimum atomic E-state index is -0.565. The first kappa shape index (κ1) is 10.8. The lowest BCUT2D eigenvalue weighted by molar-refractivity contribution is 0.112. The maximum absolute atomic E-state index is 10.7. The molecule has 0 aromatic heterocycles. The van der Waals surface area contributed by atoms with E-state index in [1.54, 1.807) is 25.0 Å². The van der Waals surface area contributed by atoms with Crippen LogP contribution in [0, 0.1) is 0 Å². The molecule has 3 nitrogen and oxygen atoms in total. The van der Waals surface area contributed by atoms with Crippen LogP contribution in [0.5, 0.6) is 5.75 Å².